The quantitative estimate of drug-likeness (QED) is 0.801. The van der Waals surface area contributed by atoms with E-state index in [0.29, 0.717) is 0 Å². The molecule has 0 saturated heterocycles. The van der Waals surface area contributed by atoms with Gasteiger partial charge in [-0.3, -0.25) is 4.79 Å². The number of hydrogen-bond donors (Lipinski definition) is 1. The molecule has 1 aromatic rings. The van der Waals surface area contributed by atoms with Gasteiger partial charge in [-0.2, -0.15) is 0 Å². The second-order valence-corrected chi connectivity index (χ2v) is 4.05. The van der Waals surface area contributed by atoms with Crippen molar-refractivity contribution in [1.29, 1.82) is 0 Å². The van der Waals surface area contributed by atoms with E-state index in [1.165, 1.54) is 0 Å². The Morgan fingerprint density at radius 2 is 1.94 bits per heavy atom. The molecule has 0 unspecified atom stereocenters. The van der Waals surface area contributed by atoms with E-state index >= 15 is 0 Å². The second-order valence-electron chi connectivity index (χ2n) is 3.02. The Morgan fingerprint density at radius 3 is 2.56 bits per heavy atom. The molecule has 1 aromatic carbocycles. The molecule has 0 aromatic heterocycles. The van der Waals surface area contributed by atoms with Crippen LogP contribution in [0.1, 0.15) is 12.0 Å². The molecule has 0 spiro atoms. The Morgan fingerprint density at radius 1 is 1.25 bits per heavy atom. The topological polar surface area (TPSA) is 63.6 Å². The van der Waals surface area contributed by atoms with Crippen molar-refractivity contribution in [2.24, 2.45) is 0 Å². The van der Waals surface area contributed by atoms with Crippen LogP contribution in [0.5, 0.6) is 0 Å². The van der Waals surface area contributed by atoms with Gasteiger partial charge < -0.3 is 9.84 Å². The predicted octanol–water partition coefficient (Wildman–Crippen LogP) is 2.53. The normalized spacial score (nSPS) is 9.75. The first-order valence-electron chi connectivity index (χ1n) is 4.74. The molecule has 0 aliphatic carbocycles. The Bertz CT molecular complexity index is 350. The number of benzene rings is 1. The van der Waals surface area contributed by atoms with E-state index in [-0.39, 0.29) is 18.8 Å². The van der Waals surface area contributed by atoms with Crippen molar-refractivity contribution in [2.45, 2.75) is 13.0 Å². The van der Waals surface area contributed by atoms with Crippen molar-refractivity contribution in [2.75, 3.05) is 5.75 Å². The number of thioether (sulfide) groups is 1. The largest absolute Gasteiger partial charge is 0.481 e. The van der Waals surface area contributed by atoms with E-state index in [9.17, 15) is 9.59 Å². The zero-order valence-electron chi connectivity index (χ0n) is 8.59. The summed E-state index contributed by atoms with van der Waals surface area (Å²) < 4.78 is 4.94. The van der Waals surface area contributed by atoms with Crippen LogP contribution in [0.4, 0.5) is 4.79 Å². The predicted molar refractivity (Wildman–Crippen MR) is 61.3 cm³/mol. The van der Waals surface area contributed by atoms with Crippen LogP contribution in [-0.4, -0.2) is 22.1 Å². The molecule has 0 bridgehead atoms. The minimum atomic E-state index is -0.914. The summed E-state index contributed by atoms with van der Waals surface area (Å²) in [4.78, 5) is 21.3. The number of hydrogen-bond acceptors (Lipinski definition) is 4. The van der Waals surface area contributed by atoms with Gasteiger partial charge in [-0.05, 0) is 17.3 Å². The van der Waals surface area contributed by atoms with Crippen LogP contribution < -0.4 is 0 Å². The number of carboxylic acids is 1. The lowest BCUT2D eigenvalue weighted by Gasteiger charge is -2.03. The third-order valence-corrected chi connectivity index (χ3v) is 2.50. The van der Waals surface area contributed by atoms with Crippen LogP contribution in [0, 0.1) is 0 Å². The summed E-state index contributed by atoms with van der Waals surface area (Å²) in [6.07, 6.45) is -0.0366. The lowest BCUT2D eigenvalue weighted by Crippen LogP contribution is -2.02. The fourth-order valence-corrected chi connectivity index (χ4v) is 1.57. The highest BCUT2D eigenvalue weighted by Crippen LogP contribution is 2.09. The van der Waals surface area contributed by atoms with Crippen LogP contribution in [0.2, 0.25) is 0 Å². The Kier molecular flexibility index (Phi) is 5.42. The molecule has 1 rings (SSSR count). The highest BCUT2D eigenvalue weighted by Gasteiger charge is 2.05. The summed E-state index contributed by atoms with van der Waals surface area (Å²) in [5, 5.41) is 7.93. The van der Waals surface area contributed by atoms with Crippen molar-refractivity contribution in [3.63, 3.8) is 0 Å². The van der Waals surface area contributed by atoms with Gasteiger partial charge in [0.05, 0.1) is 6.42 Å². The van der Waals surface area contributed by atoms with Crippen molar-refractivity contribution in [3.05, 3.63) is 35.9 Å². The Hall–Kier alpha value is -1.49. The van der Waals surface area contributed by atoms with Gasteiger partial charge in [-0.25, -0.2) is 4.79 Å². The van der Waals surface area contributed by atoms with Gasteiger partial charge in [0.25, 0.3) is 0 Å². The van der Waals surface area contributed by atoms with Crippen molar-refractivity contribution in [1.82, 2.24) is 0 Å². The van der Waals surface area contributed by atoms with E-state index in [0.717, 1.165) is 17.3 Å². The Balaban J connectivity index is 2.18. The van der Waals surface area contributed by atoms with Gasteiger partial charge in [0.15, 0.2) is 0 Å². The van der Waals surface area contributed by atoms with Crippen LogP contribution in [0.25, 0.3) is 0 Å². The summed E-state index contributed by atoms with van der Waals surface area (Å²) in [5.41, 5.74) is 0.912. The summed E-state index contributed by atoms with van der Waals surface area (Å²) >= 11 is 0.882. The zero-order valence-corrected chi connectivity index (χ0v) is 9.40. The number of rotatable bonds is 5. The number of ether oxygens (including phenoxy) is 1. The number of carbonyl (C=O) groups is 2. The van der Waals surface area contributed by atoms with Crippen LogP contribution >= 0.6 is 11.8 Å². The SMILES string of the molecule is O=C(O)CCSC(=O)OCc1ccccc1. The molecule has 1 N–H and O–H groups in total. The molecule has 0 aliphatic heterocycles. The molecule has 5 heteroatoms. The monoisotopic (exact) mass is 240 g/mol. The zero-order chi connectivity index (χ0) is 11.8. The van der Waals surface area contributed by atoms with Crippen molar-refractivity contribution in [3.8, 4) is 0 Å². The molecule has 16 heavy (non-hydrogen) atoms. The van der Waals surface area contributed by atoms with Crippen LogP contribution in [0.3, 0.4) is 0 Å². The number of aliphatic carboxylic acids is 1. The molecule has 0 heterocycles. The summed E-state index contributed by atoms with van der Waals surface area (Å²) in [6, 6.07) is 9.32. The lowest BCUT2D eigenvalue weighted by atomic mass is 10.2. The molecule has 86 valence electrons. The fraction of sp³-hybridized carbons (Fsp3) is 0.273. The molecular weight excluding hydrogens is 228 g/mol. The van der Waals surface area contributed by atoms with E-state index in [1.807, 2.05) is 30.3 Å². The number of carboxylic acid groups (broad SMARTS) is 1. The van der Waals surface area contributed by atoms with Crippen molar-refractivity contribution < 1.29 is 19.4 Å². The molecule has 0 aliphatic rings. The van der Waals surface area contributed by atoms with Gasteiger partial charge in [-0.1, -0.05) is 30.3 Å². The minimum absolute atomic E-state index is 0.0366. The van der Waals surface area contributed by atoms with Gasteiger partial charge in [0, 0.05) is 5.75 Å². The minimum Gasteiger partial charge on any atom is -0.481 e. The van der Waals surface area contributed by atoms with Crippen molar-refractivity contribution >= 4 is 23.0 Å². The molecule has 0 fully saturated rings. The average Bonchev–Trinajstić information content (AvgIpc) is 2.27. The summed E-state index contributed by atoms with van der Waals surface area (Å²) in [6.45, 7) is 0.222. The van der Waals surface area contributed by atoms with E-state index in [2.05, 4.69) is 0 Å². The molecule has 0 saturated carbocycles. The van der Waals surface area contributed by atoms with Gasteiger partial charge in [0.2, 0.25) is 0 Å². The average molecular weight is 240 g/mol. The second kappa shape index (κ2) is 6.90. The molecule has 4 nitrogen and oxygen atoms in total. The van der Waals surface area contributed by atoms with Crippen LogP contribution in [0.15, 0.2) is 30.3 Å². The van der Waals surface area contributed by atoms with Crippen LogP contribution in [-0.2, 0) is 16.1 Å². The molecule has 0 amide bonds. The highest BCUT2D eigenvalue weighted by atomic mass is 32.2. The standard InChI is InChI=1S/C11H12O4S/c12-10(13)6-7-16-11(14)15-8-9-4-2-1-3-5-9/h1-5H,6-8H2,(H,12,13). The van der Waals surface area contributed by atoms with Gasteiger partial charge >= 0.3 is 11.3 Å². The maximum absolute atomic E-state index is 11.1. The van der Waals surface area contributed by atoms with E-state index in [4.69, 9.17) is 9.84 Å². The van der Waals surface area contributed by atoms with E-state index < -0.39 is 11.3 Å². The first kappa shape index (κ1) is 12.6. The maximum atomic E-state index is 11.1. The third kappa shape index (κ3) is 5.41. The lowest BCUT2D eigenvalue weighted by molar-refractivity contribution is -0.136. The summed E-state index contributed by atoms with van der Waals surface area (Å²) in [7, 11) is 0. The van der Waals surface area contributed by atoms with E-state index in [1.54, 1.807) is 0 Å². The molecule has 0 radical (unpaired) electrons. The highest BCUT2D eigenvalue weighted by molar-refractivity contribution is 8.13. The smallest absolute Gasteiger partial charge is 0.367 e. The molecule has 0 atom stereocenters. The first-order valence-corrected chi connectivity index (χ1v) is 5.72. The summed E-state index contributed by atoms with van der Waals surface area (Å²) in [5.74, 6) is -0.675. The maximum Gasteiger partial charge on any atom is 0.367 e. The van der Waals surface area contributed by atoms with Gasteiger partial charge in [0.1, 0.15) is 6.61 Å². The third-order valence-electron chi connectivity index (χ3n) is 1.74. The fourth-order valence-electron chi connectivity index (χ4n) is 0.980. The van der Waals surface area contributed by atoms with Gasteiger partial charge in [-0.15, -0.1) is 0 Å². The number of carbonyl (C=O) groups excluding carboxylic acids is 1. The first-order chi connectivity index (χ1) is 7.68. The Labute approximate surface area is 97.6 Å². The molecular formula is C11H12O4S.